The van der Waals surface area contributed by atoms with Gasteiger partial charge in [0.2, 0.25) is 11.6 Å². The number of hydrogen-bond acceptors (Lipinski definition) is 3. The largest absolute Gasteiger partial charge is 0.496 e. The van der Waals surface area contributed by atoms with Crippen LogP contribution >= 0.6 is 0 Å². The number of aryl methyl sites for hydroxylation is 2. The van der Waals surface area contributed by atoms with Gasteiger partial charge in [-0.15, -0.1) is 0 Å². The number of ether oxygens (including phenoxy) is 1. The molecule has 1 aliphatic rings. The molecule has 0 fully saturated rings. The molecule has 3 rings (SSSR count). The van der Waals surface area contributed by atoms with Gasteiger partial charge >= 0.3 is 0 Å². The average Bonchev–Trinajstić information content (AvgIpc) is 2.57. The maximum absolute atomic E-state index is 12.4. The summed E-state index contributed by atoms with van der Waals surface area (Å²) < 4.78 is 5.34. The van der Waals surface area contributed by atoms with E-state index in [1.807, 2.05) is 38.1 Å². The summed E-state index contributed by atoms with van der Waals surface area (Å²) in [6, 6.07) is 13.3. The summed E-state index contributed by atoms with van der Waals surface area (Å²) >= 11 is 0. The Kier molecular flexibility index (Phi) is 4.17. The Balaban J connectivity index is 2.16. The van der Waals surface area contributed by atoms with Crippen molar-refractivity contribution in [3.8, 4) is 5.75 Å². The van der Waals surface area contributed by atoms with Gasteiger partial charge in [-0.25, -0.2) is 0 Å². The van der Waals surface area contributed by atoms with Crippen molar-refractivity contribution >= 4 is 22.7 Å². The molecule has 0 saturated carbocycles. The van der Waals surface area contributed by atoms with Gasteiger partial charge in [-0.2, -0.15) is 0 Å². The molecule has 0 radical (unpaired) electrons. The standard InChI is InChI=1S/C21H18O3/c1-13-8-9-16(14(2)10-13)15-11-18(21(23)19(22)12-15)17-6-4-5-7-20(17)24-3/h4-12H,1-3H3. The number of allylic oxidation sites excluding steroid dienone is 4. The summed E-state index contributed by atoms with van der Waals surface area (Å²) in [5.74, 6) is -0.437. The number of carbonyl (C=O) groups excluding carboxylic acids is 2. The van der Waals surface area contributed by atoms with Crippen LogP contribution < -0.4 is 4.74 Å². The molecular formula is C21H18O3. The lowest BCUT2D eigenvalue weighted by Gasteiger charge is -2.16. The minimum Gasteiger partial charge on any atom is -0.496 e. The lowest BCUT2D eigenvalue weighted by molar-refractivity contribution is -0.130. The van der Waals surface area contributed by atoms with Crippen molar-refractivity contribution in [1.29, 1.82) is 0 Å². The fourth-order valence-corrected chi connectivity index (χ4v) is 2.96. The van der Waals surface area contributed by atoms with Crippen molar-refractivity contribution in [1.82, 2.24) is 0 Å². The van der Waals surface area contributed by atoms with Crippen LogP contribution in [0.15, 0.2) is 54.6 Å². The van der Waals surface area contributed by atoms with E-state index in [4.69, 9.17) is 4.74 Å². The van der Waals surface area contributed by atoms with Gasteiger partial charge in [0, 0.05) is 11.1 Å². The van der Waals surface area contributed by atoms with Crippen LogP contribution in [0.4, 0.5) is 0 Å². The molecule has 0 saturated heterocycles. The molecule has 3 nitrogen and oxygen atoms in total. The van der Waals surface area contributed by atoms with Crippen molar-refractivity contribution in [3.63, 3.8) is 0 Å². The number of benzene rings is 2. The SMILES string of the molecule is COc1ccccc1C1=CC(c2ccc(C)cc2C)=CC(=O)C1=O. The summed E-state index contributed by atoms with van der Waals surface area (Å²) in [4.78, 5) is 24.6. The van der Waals surface area contributed by atoms with Crippen LogP contribution in [0.3, 0.4) is 0 Å². The maximum atomic E-state index is 12.4. The first-order valence-corrected chi connectivity index (χ1v) is 7.74. The van der Waals surface area contributed by atoms with Gasteiger partial charge in [-0.3, -0.25) is 9.59 Å². The highest BCUT2D eigenvalue weighted by atomic mass is 16.5. The number of methoxy groups -OCH3 is 1. The number of hydrogen-bond donors (Lipinski definition) is 0. The number of ketones is 2. The molecule has 3 heteroatoms. The van der Waals surface area contributed by atoms with Crippen molar-refractivity contribution in [2.24, 2.45) is 0 Å². The Labute approximate surface area is 141 Å². The first-order chi connectivity index (χ1) is 11.5. The Morgan fingerprint density at radius 3 is 2.33 bits per heavy atom. The van der Waals surface area contributed by atoms with Crippen LogP contribution in [0.1, 0.15) is 22.3 Å². The number of carbonyl (C=O) groups is 2. The third kappa shape index (κ3) is 2.81. The molecule has 1 aliphatic carbocycles. The zero-order valence-electron chi connectivity index (χ0n) is 13.9. The minimum absolute atomic E-state index is 0.370. The van der Waals surface area contributed by atoms with Gasteiger partial charge in [0.1, 0.15) is 5.75 Å². The molecule has 0 unspecified atom stereocenters. The minimum atomic E-state index is -0.506. The maximum Gasteiger partial charge on any atom is 0.233 e. The fourth-order valence-electron chi connectivity index (χ4n) is 2.96. The van der Waals surface area contributed by atoms with Crippen LogP contribution in [-0.2, 0) is 9.59 Å². The second-order valence-electron chi connectivity index (χ2n) is 5.87. The highest BCUT2D eigenvalue weighted by molar-refractivity contribution is 6.59. The van der Waals surface area contributed by atoms with E-state index < -0.39 is 11.6 Å². The second kappa shape index (κ2) is 6.28. The summed E-state index contributed by atoms with van der Waals surface area (Å²) in [7, 11) is 1.55. The lowest BCUT2D eigenvalue weighted by Crippen LogP contribution is -2.17. The Morgan fingerprint density at radius 1 is 0.875 bits per heavy atom. The van der Waals surface area contributed by atoms with Gasteiger partial charge in [-0.05, 0) is 48.8 Å². The normalized spacial score (nSPS) is 14.3. The van der Waals surface area contributed by atoms with Crippen LogP contribution in [0, 0.1) is 13.8 Å². The zero-order valence-corrected chi connectivity index (χ0v) is 13.9. The Hall–Kier alpha value is -2.94. The molecule has 2 aromatic carbocycles. The third-order valence-corrected chi connectivity index (χ3v) is 4.14. The predicted molar refractivity (Wildman–Crippen MR) is 94.9 cm³/mol. The molecule has 2 aromatic rings. The van der Waals surface area contributed by atoms with Gasteiger partial charge in [0.25, 0.3) is 0 Å². The average molecular weight is 318 g/mol. The van der Waals surface area contributed by atoms with E-state index in [2.05, 4.69) is 6.07 Å². The topological polar surface area (TPSA) is 43.4 Å². The lowest BCUT2D eigenvalue weighted by atomic mass is 9.87. The zero-order chi connectivity index (χ0) is 17.3. The van der Waals surface area contributed by atoms with E-state index in [1.54, 1.807) is 25.3 Å². The highest BCUT2D eigenvalue weighted by Gasteiger charge is 2.26. The molecule has 0 aliphatic heterocycles. The van der Waals surface area contributed by atoms with Gasteiger partial charge in [0.05, 0.1) is 7.11 Å². The van der Waals surface area contributed by atoms with Gasteiger partial charge in [-0.1, -0.05) is 42.0 Å². The molecule has 120 valence electrons. The molecule has 24 heavy (non-hydrogen) atoms. The van der Waals surface area contributed by atoms with E-state index in [0.29, 0.717) is 16.9 Å². The van der Waals surface area contributed by atoms with Crippen molar-refractivity contribution < 1.29 is 14.3 Å². The first kappa shape index (κ1) is 15.9. The molecule has 0 amide bonds. The van der Waals surface area contributed by atoms with Crippen LogP contribution in [0.2, 0.25) is 0 Å². The fraction of sp³-hybridized carbons (Fsp3) is 0.143. The van der Waals surface area contributed by atoms with Gasteiger partial charge < -0.3 is 4.74 Å². The molecule has 0 N–H and O–H groups in total. The summed E-state index contributed by atoms with van der Waals surface area (Å²) in [6.45, 7) is 4.03. The monoisotopic (exact) mass is 318 g/mol. The van der Waals surface area contributed by atoms with E-state index >= 15 is 0 Å². The van der Waals surface area contributed by atoms with E-state index in [0.717, 1.165) is 22.3 Å². The molecule has 0 atom stereocenters. The third-order valence-electron chi connectivity index (χ3n) is 4.14. The Bertz CT molecular complexity index is 901. The van der Waals surface area contributed by atoms with Crippen LogP contribution in [0.25, 0.3) is 11.1 Å². The molecule has 0 aromatic heterocycles. The van der Waals surface area contributed by atoms with Crippen molar-refractivity contribution in [2.75, 3.05) is 7.11 Å². The van der Waals surface area contributed by atoms with Crippen molar-refractivity contribution in [2.45, 2.75) is 13.8 Å². The quantitative estimate of drug-likeness (QED) is 0.636. The summed E-state index contributed by atoms with van der Waals surface area (Å²) in [5.41, 5.74) is 4.93. The van der Waals surface area contributed by atoms with E-state index in [1.165, 1.54) is 6.08 Å². The van der Waals surface area contributed by atoms with Crippen LogP contribution in [-0.4, -0.2) is 18.7 Å². The number of rotatable bonds is 3. The number of para-hydroxylation sites is 1. The smallest absolute Gasteiger partial charge is 0.233 e. The summed E-state index contributed by atoms with van der Waals surface area (Å²) in [6.07, 6.45) is 3.19. The molecule has 0 bridgehead atoms. The molecular weight excluding hydrogens is 300 g/mol. The predicted octanol–water partition coefficient (Wildman–Crippen LogP) is 3.93. The summed E-state index contributed by atoms with van der Waals surface area (Å²) in [5, 5.41) is 0. The highest BCUT2D eigenvalue weighted by Crippen LogP contribution is 2.33. The molecule has 0 heterocycles. The molecule has 0 spiro atoms. The van der Waals surface area contributed by atoms with E-state index in [-0.39, 0.29) is 0 Å². The van der Waals surface area contributed by atoms with Crippen LogP contribution in [0.5, 0.6) is 5.75 Å². The number of Topliss-reactive ketones (excluding diaryl/α,β-unsaturated/α-hetero) is 1. The van der Waals surface area contributed by atoms with Crippen molar-refractivity contribution in [3.05, 3.63) is 76.9 Å². The first-order valence-electron chi connectivity index (χ1n) is 7.74. The Morgan fingerprint density at radius 2 is 1.62 bits per heavy atom. The van der Waals surface area contributed by atoms with Gasteiger partial charge in [0.15, 0.2) is 0 Å². The van der Waals surface area contributed by atoms with E-state index in [9.17, 15) is 9.59 Å². The second-order valence-corrected chi connectivity index (χ2v) is 5.87.